The first-order valence-corrected chi connectivity index (χ1v) is 11.4. The summed E-state index contributed by atoms with van der Waals surface area (Å²) in [5.41, 5.74) is -1.50. The molecular formula is C22H15ClF5NO4S. The Hall–Kier alpha value is -3.18. The molecule has 0 amide bonds. The van der Waals surface area contributed by atoms with Crippen LogP contribution < -0.4 is 4.31 Å². The topological polar surface area (TPSA) is 63.7 Å². The minimum absolute atomic E-state index is 0.0506. The zero-order chi connectivity index (χ0) is 25.2. The highest BCUT2D eigenvalue weighted by atomic mass is 35.5. The number of carbonyl (C=O) groups excluding carboxylic acids is 1. The lowest BCUT2D eigenvalue weighted by atomic mass is 10.1. The van der Waals surface area contributed by atoms with Crippen molar-refractivity contribution in [2.75, 3.05) is 10.8 Å². The third-order valence-electron chi connectivity index (χ3n) is 4.73. The Labute approximate surface area is 196 Å². The van der Waals surface area contributed by atoms with Gasteiger partial charge in [0.05, 0.1) is 26.7 Å². The van der Waals surface area contributed by atoms with Gasteiger partial charge in [-0.3, -0.25) is 4.31 Å². The van der Waals surface area contributed by atoms with Crippen LogP contribution in [0, 0.1) is 29.1 Å². The van der Waals surface area contributed by atoms with E-state index in [1.165, 1.54) is 0 Å². The van der Waals surface area contributed by atoms with Crippen LogP contribution in [0.4, 0.5) is 27.6 Å². The third-order valence-corrected chi connectivity index (χ3v) is 6.95. The van der Waals surface area contributed by atoms with Crippen molar-refractivity contribution in [1.29, 1.82) is 0 Å². The molecule has 0 saturated carbocycles. The molecule has 0 aliphatic rings. The summed E-state index contributed by atoms with van der Waals surface area (Å²) in [6, 6.07) is 11.2. The molecule has 0 radical (unpaired) electrons. The van der Waals surface area contributed by atoms with Gasteiger partial charge in [-0.2, -0.15) is 0 Å². The first-order valence-electron chi connectivity index (χ1n) is 9.55. The van der Waals surface area contributed by atoms with E-state index in [9.17, 15) is 35.2 Å². The molecule has 3 aromatic rings. The van der Waals surface area contributed by atoms with Gasteiger partial charge < -0.3 is 4.74 Å². The molecule has 3 aromatic carbocycles. The lowest BCUT2D eigenvalue weighted by molar-refractivity contribution is 0.0462. The van der Waals surface area contributed by atoms with Crippen molar-refractivity contribution in [3.63, 3.8) is 0 Å². The van der Waals surface area contributed by atoms with E-state index in [1.54, 1.807) is 37.3 Å². The monoisotopic (exact) mass is 519 g/mol. The number of ether oxygens (including phenoxy) is 1. The van der Waals surface area contributed by atoms with Gasteiger partial charge in [0.2, 0.25) is 5.82 Å². The number of carbonyl (C=O) groups is 1. The fourth-order valence-corrected chi connectivity index (χ4v) is 4.72. The number of rotatable bonds is 7. The largest absolute Gasteiger partial charge is 0.457 e. The van der Waals surface area contributed by atoms with Crippen LogP contribution in [0.2, 0.25) is 5.02 Å². The van der Waals surface area contributed by atoms with Crippen LogP contribution in [0.25, 0.3) is 0 Å². The third kappa shape index (κ3) is 4.71. The van der Waals surface area contributed by atoms with Crippen molar-refractivity contribution in [3.05, 3.63) is 93.8 Å². The Morgan fingerprint density at radius 1 is 0.912 bits per heavy atom. The Morgan fingerprint density at radius 2 is 1.47 bits per heavy atom. The van der Waals surface area contributed by atoms with Gasteiger partial charge in [-0.25, -0.2) is 35.2 Å². The molecule has 0 bridgehead atoms. The summed E-state index contributed by atoms with van der Waals surface area (Å²) < 4.78 is 99.5. The number of sulfonamides is 1. The molecule has 12 heteroatoms. The zero-order valence-corrected chi connectivity index (χ0v) is 18.9. The average Bonchev–Trinajstić information content (AvgIpc) is 2.82. The molecule has 0 aromatic heterocycles. The molecule has 0 aliphatic heterocycles. The zero-order valence-electron chi connectivity index (χ0n) is 17.3. The summed E-state index contributed by atoms with van der Waals surface area (Å²) >= 11 is 5.96. The number of para-hydroxylation sites is 1. The molecule has 180 valence electrons. The highest BCUT2D eigenvalue weighted by Crippen LogP contribution is 2.28. The highest BCUT2D eigenvalue weighted by Gasteiger charge is 2.28. The molecule has 0 unspecified atom stereocenters. The molecule has 0 fully saturated rings. The van der Waals surface area contributed by atoms with E-state index >= 15 is 0 Å². The van der Waals surface area contributed by atoms with Gasteiger partial charge in [-0.15, -0.1) is 0 Å². The van der Waals surface area contributed by atoms with Crippen molar-refractivity contribution in [2.45, 2.75) is 18.4 Å². The molecule has 0 spiro atoms. The minimum Gasteiger partial charge on any atom is -0.457 e. The standard InChI is InChI=1S/C22H15ClF5NO4S/c1-2-29(12-6-4-3-5-7-12)34(31,32)13-8-9-16(23)14(10-13)22(30)33-11-15-17(24)19(26)21(28)20(27)18(15)25/h3-10H,2,11H2,1H3. The van der Waals surface area contributed by atoms with Gasteiger partial charge >= 0.3 is 5.97 Å². The summed E-state index contributed by atoms with van der Waals surface area (Å²) in [6.45, 7) is 0.331. The van der Waals surface area contributed by atoms with E-state index in [0.29, 0.717) is 5.69 Å². The van der Waals surface area contributed by atoms with Gasteiger partial charge in [-0.05, 0) is 37.3 Å². The van der Waals surface area contributed by atoms with Gasteiger partial charge in [0, 0.05) is 6.54 Å². The van der Waals surface area contributed by atoms with Crippen LogP contribution in [0.1, 0.15) is 22.8 Å². The number of hydrogen-bond donors (Lipinski definition) is 0. The Bertz CT molecular complexity index is 1320. The maximum atomic E-state index is 13.8. The molecule has 0 heterocycles. The van der Waals surface area contributed by atoms with Crippen LogP contribution in [0.3, 0.4) is 0 Å². The second-order valence-electron chi connectivity index (χ2n) is 6.77. The number of anilines is 1. The van der Waals surface area contributed by atoms with Gasteiger partial charge in [0.1, 0.15) is 6.61 Å². The first kappa shape index (κ1) is 25.4. The molecule has 34 heavy (non-hydrogen) atoms. The Kier molecular flexibility index (Phi) is 7.47. The lowest BCUT2D eigenvalue weighted by Gasteiger charge is -2.23. The van der Waals surface area contributed by atoms with E-state index in [2.05, 4.69) is 4.74 Å². The van der Waals surface area contributed by atoms with Crippen LogP contribution in [0.5, 0.6) is 0 Å². The van der Waals surface area contributed by atoms with E-state index in [1.807, 2.05) is 0 Å². The van der Waals surface area contributed by atoms with Crippen LogP contribution in [-0.2, 0) is 21.4 Å². The fraction of sp³-hybridized carbons (Fsp3) is 0.136. The van der Waals surface area contributed by atoms with Gasteiger partial charge in [-0.1, -0.05) is 29.8 Å². The summed E-state index contributed by atoms with van der Waals surface area (Å²) in [7, 11) is -4.17. The van der Waals surface area contributed by atoms with E-state index in [-0.39, 0.29) is 16.5 Å². The molecule has 3 rings (SSSR count). The number of benzene rings is 3. The number of esters is 1. The SMILES string of the molecule is CCN(c1ccccc1)S(=O)(=O)c1ccc(Cl)c(C(=O)OCc2c(F)c(F)c(F)c(F)c2F)c1. The van der Waals surface area contributed by atoms with Gasteiger partial charge in [0.15, 0.2) is 23.3 Å². The van der Waals surface area contributed by atoms with Crippen molar-refractivity contribution in [2.24, 2.45) is 0 Å². The van der Waals surface area contributed by atoms with Crippen molar-refractivity contribution in [3.8, 4) is 0 Å². The van der Waals surface area contributed by atoms with Crippen LogP contribution >= 0.6 is 11.6 Å². The second kappa shape index (κ2) is 9.98. The predicted octanol–water partition coefficient (Wildman–Crippen LogP) is 5.61. The van der Waals surface area contributed by atoms with Crippen molar-refractivity contribution in [1.82, 2.24) is 0 Å². The van der Waals surface area contributed by atoms with Crippen molar-refractivity contribution < 1.29 is 39.9 Å². The maximum absolute atomic E-state index is 13.8. The number of hydrogen-bond acceptors (Lipinski definition) is 4. The fourth-order valence-electron chi connectivity index (χ4n) is 3.03. The molecule has 0 N–H and O–H groups in total. The predicted molar refractivity (Wildman–Crippen MR) is 113 cm³/mol. The van der Waals surface area contributed by atoms with E-state index in [4.69, 9.17) is 11.6 Å². The van der Waals surface area contributed by atoms with Crippen LogP contribution in [-0.4, -0.2) is 20.9 Å². The summed E-state index contributed by atoms with van der Waals surface area (Å²) in [5.74, 6) is -12.4. The molecular weight excluding hydrogens is 505 g/mol. The summed E-state index contributed by atoms with van der Waals surface area (Å²) in [4.78, 5) is 12.1. The number of nitrogens with zero attached hydrogens (tertiary/aromatic N) is 1. The Balaban J connectivity index is 1.92. The highest BCUT2D eigenvalue weighted by molar-refractivity contribution is 7.92. The second-order valence-corrected chi connectivity index (χ2v) is 9.04. The summed E-state index contributed by atoms with van der Waals surface area (Å²) in [5, 5.41) is -0.260. The van der Waals surface area contributed by atoms with Crippen LogP contribution in [0.15, 0.2) is 53.4 Å². The lowest BCUT2D eigenvalue weighted by Crippen LogP contribution is -2.30. The maximum Gasteiger partial charge on any atom is 0.340 e. The smallest absolute Gasteiger partial charge is 0.340 e. The summed E-state index contributed by atoms with van der Waals surface area (Å²) in [6.07, 6.45) is 0. The normalized spacial score (nSPS) is 11.4. The first-order chi connectivity index (χ1) is 16.0. The number of halogens is 6. The molecule has 0 aliphatic carbocycles. The molecule has 0 atom stereocenters. The minimum atomic E-state index is -4.17. The van der Waals surface area contributed by atoms with E-state index in [0.717, 1.165) is 22.5 Å². The van der Waals surface area contributed by atoms with Gasteiger partial charge in [0.25, 0.3) is 10.0 Å². The quantitative estimate of drug-likeness (QED) is 0.176. The van der Waals surface area contributed by atoms with Crippen molar-refractivity contribution >= 4 is 33.3 Å². The van der Waals surface area contributed by atoms with E-state index < -0.39 is 62.8 Å². The molecule has 0 saturated heterocycles. The Morgan fingerprint density at radius 3 is 2.03 bits per heavy atom. The molecule has 5 nitrogen and oxygen atoms in total. The average molecular weight is 520 g/mol.